The predicted octanol–water partition coefficient (Wildman–Crippen LogP) is 5.53. The third-order valence-electron chi connectivity index (χ3n) is 4.26. The van der Waals surface area contributed by atoms with E-state index in [-0.39, 0.29) is 22.5 Å². The molecule has 0 radical (unpaired) electrons. The van der Waals surface area contributed by atoms with Crippen molar-refractivity contribution >= 4 is 50.8 Å². The topological polar surface area (TPSA) is 79.5 Å². The summed E-state index contributed by atoms with van der Waals surface area (Å²) < 4.78 is 6.58. The van der Waals surface area contributed by atoms with E-state index in [0.29, 0.717) is 35.1 Å². The Morgan fingerprint density at radius 3 is 2.31 bits per heavy atom. The number of thiocarbonyl (C=S) groups is 1. The molecule has 0 saturated carbocycles. The number of amides is 2. The Labute approximate surface area is 203 Å². The van der Waals surface area contributed by atoms with Crippen LogP contribution in [0.15, 0.2) is 46.9 Å². The van der Waals surface area contributed by atoms with Gasteiger partial charge in [-0.3, -0.25) is 14.9 Å². The lowest BCUT2D eigenvalue weighted by atomic mass is 10.1. The summed E-state index contributed by atoms with van der Waals surface area (Å²) in [6.07, 6.45) is 0.890. The predicted molar refractivity (Wildman–Crippen MR) is 136 cm³/mol. The van der Waals surface area contributed by atoms with Gasteiger partial charge in [-0.25, -0.2) is 0 Å². The highest BCUT2D eigenvalue weighted by molar-refractivity contribution is 9.10. The molecule has 0 aliphatic rings. The summed E-state index contributed by atoms with van der Waals surface area (Å²) in [6, 6.07) is 12.1. The van der Waals surface area contributed by atoms with Crippen molar-refractivity contribution < 1.29 is 14.3 Å². The first-order valence-corrected chi connectivity index (χ1v) is 11.6. The third kappa shape index (κ3) is 8.59. The van der Waals surface area contributed by atoms with E-state index in [1.54, 1.807) is 36.4 Å². The molecule has 6 nitrogen and oxygen atoms in total. The van der Waals surface area contributed by atoms with Crippen molar-refractivity contribution in [3.05, 3.63) is 58.1 Å². The van der Waals surface area contributed by atoms with Gasteiger partial charge in [0.2, 0.25) is 0 Å². The van der Waals surface area contributed by atoms with Gasteiger partial charge in [0.25, 0.3) is 11.8 Å². The van der Waals surface area contributed by atoms with Gasteiger partial charge in [-0.1, -0.05) is 29.8 Å². The molecule has 0 bridgehead atoms. The molecule has 32 heavy (non-hydrogen) atoms. The van der Waals surface area contributed by atoms with Crippen molar-refractivity contribution in [2.45, 2.75) is 46.6 Å². The molecular formula is C24H30BrN3O3S. The van der Waals surface area contributed by atoms with Gasteiger partial charge in [-0.15, -0.1) is 0 Å². The van der Waals surface area contributed by atoms with E-state index < -0.39 is 0 Å². The summed E-state index contributed by atoms with van der Waals surface area (Å²) in [5.41, 5.74) is 1.27. The Kier molecular flexibility index (Phi) is 9.21. The monoisotopic (exact) mass is 519 g/mol. The molecule has 0 spiro atoms. The molecule has 0 unspecified atom stereocenters. The number of carbonyl (C=O) groups excluding carboxylic acids is 2. The highest BCUT2D eigenvalue weighted by Crippen LogP contribution is 2.24. The number of ether oxygens (including phenoxy) is 1. The molecule has 0 aliphatic carbocycles. The smallest absolute Gasteiger partial charge is 0.261 e. The van der Waals surface area contributed by atoms with Crippen molar-refractivity contribution in [3.63, 3.8) is 0 Å². The Bertz CT molecular complexity index is 969. The number of carbonyl (C=O) groups is 2. The minimum atomic E-state index is -0.371. The van der Waals surface area contributed by atoms with E-state index in [1.165, 1.54) is 0 Å². The maximum Gasteiger partial charge on any atom is 0.261 e. The molecule has 0 aromatic heterocycles. The molecule has 3 N–H and O–H groups in total. The molecule has 0 saturated heterocycles. The van der Waals surface area contributed by atoms with E-state index >= 15 is 0 Å². The fourth-order valence-corrected chi connectivity index (χ4v) is 3.23. The summed E-state index contributed by atoms with van der Waals surface area (Å²) in [4.78, 5) is 25.0. The largest absolute Gasteiger partial charge is 0.493 e. The van der Waals surface area contributed by atoms with Gasteiger partial charge >= 0.3 is 0 Å². The van der Waals surface area contributed by atoms with Crippen LogP contribution in [0.25, 0.3) is 0 Å². The zero-order valence-electron chi connectivity index (χ0n) is 19.0. The van der Waals surface area contributed by atoms with Gasteiger partial charge < -0.3 is 15.4 Å². The molecule has 0 atom stereocenters. The van der Waals surface area contributed by atoms with E-state index in [0.717, 1.165) is 10.9 Å². The van der Waals surface area contributed by atoms with Gasteiger partial charge in [0.15, 0.2) is 5.11 Å². The minimum absolute atomic E-state index is 0.148. The molecule has 0 heterocycles. The molecule has 172 valence electrons. The van der Waals surface area contributed by atoms with Gasteiger partial charge in [-0.2, -0.15) is 0 Å². The van der Waals surface area contributed by atoms with Crippen LogP contribution in [-0.2, 0) is 0 Å². The zero-order valence-corrected chi connectivity index (χ0v) is 21.4. The molecule has 2 amide bonds. The molecule has 0 aliphatic heterocycles. The molecule has 0 fully saturated rings. The lowest BCUT2D eigenvalue weighted by molar-refractivity contribution is 0.0918. The lowest BCUT2D eigenvalue weighted by Crippen LogP contribution is -2.40. The van der Waals surface area contributed by atoms with Crippen LogP contribution in [0.5, 0.6) is 5.75 Å². The zero-order chi connectivity index (χ0) is 23.9. The molecule has 8 heteroatoms. The number of hydrogen-bond donors (Lipinski definition) is 3. The van der Waals surface area contributed by atoms with Crippen LogP contribution < -0.4 is 20.7 Å². The average molecular weight is 520 g/mol. The molecular weight excluding hydrogens is 490 g/mol. The second-order valence-electron chi connectivity index (χ2n) is 8.86. The van der Waals surface area contributed by atoms with Crippen molar-refractivity contribution in [3.8, 4) is 5.75 Å². The second kappa shape index (κ2) is 11.4. The molecule has 2 aromatic carbocycles. The first-order valence-electron chi connectivity index (χ1n) is 10.4. The van der Waals surface area contributed by atoms with Gasteiger partial charge in [0.05, 0.1) is 12.2 Å². The first kappa shape index (κ1) is 25.8. The van der Waals surface area contributed by atoms with E-state index in [2.05, 4.69) is 45.7 Å². The SMILES string of the molecule is CC(C)CCOc1ccc(Br)cc1C(=O)NC(=S)Nc1ccc(C(=O)NC(C)(C)C)cc1. The average Bonchev–Trinajstić information content (AvgIpc) is 2.67. The van der Waals surface area contributed by atoms with Crippen LogP contribution in [0.1, 0.15) is 61.8 Å². The van der Waals surface area contributed by atoms with Gasteiger partial charge in [0, 0.05) is 21.3 Å². The molecule has 2 aromatic rings. The summed E-state index contributed by atoms with van der Waals surface area (Å²) in [6.45, 7) is 10.5. The van der Waals surface area contributed by atoms with Crippen molar-refractivity contribution in [1.29, 1.82) is 0 Å². The van der Waals surface area contributed by atoms with E-state index in [1.807, 2.05) is 26.8 Å². The second-order valence-corrected chi connectivity index (χ2v) is 10.2. The van der Waals surface area contributed by atoms with E-state index in [9.17, 15) is 9.59 Å². The molecule has 2 rings (SSSR count). The summed E-state index contributed by atoms with van der Waals surface area (Å²) in [5, 5.41) is 8.71. The maximum atomic E-state index is 12.8. The number of rotatable bonds is 7. The van der Waals surface area contributed by atoms with Crippen LogP contribution in [0.4, 0.5) is 5.69 Å². The highest BCUT2D eigenvalue weighted by Gasteiger charge is 2.17. The number of hydrogen-bond acceptors (Lipinski definition) is 4. The number of halogens is 1. The van der Waals surface area contributed by atoms with Gasteiger partial charge in [-0.05, 0) is 87.8 Å². The normalized spacial score (nSPS) is 11.1. The Hall–Kier alpha value is -2.45. The fraction of sp³-hybridized carbons (Fsp3) is 0.375. The van der Waals surface area contributed by atoms with Gasteiger partial charge in [0.1, 0.15) is 5.75 Å². The van der Waals surface area contributed by atoms with Crippen molar-refractivity contribution in [2.24, 2.45) is 5.92 Å². The van der Waals surface area contributed by atoms with Crippen LogP contribution >= 0.6 is 28.1 Å². The number of nitrogens with one attached hydrogen (secondary N) is 3. The van der Waals surface area contributed by atoms with Crippen LogP contribution in [0.2, 0.25) is 0 Å². The first-order chi connectivity index (χ1) is 14.9. The Morgan fingerprint density at radius 1 is 1.06 bits per heavy atom. The summed E-state index contributed by atoms with van der Waals surface area (Å²) in [5.74, 6) is 0.484. The number of anilines is 1. The van der Waals surface area contributed by atoms with Crippen LogP contribution in [-0.4, -0.2) is 29.1 Å². The standard InChI is InChI=1S/C24H30BrN3O3S/c1-15(2)12-13-31-20-11-8-17(25)14-19(20)22(30)27-23(32)26-18-9-6-16(7-10-18)21(29)28-24(3,4)5/h6-11,14-15H,12-13H2,1-5H3,(H,28,29)(H2,26,27,30,32). The van der Waals surface area contributed by atoms with Crippen LogP contribution in [0.3, 0.4) is 0 Å². The third-order valence-corrected chi connectivity index (χ3v) is 4.96. The lowest BCUT2D eigenvalue weighted by Gasteiger charge is -2.20. The number of benzene rings is 2. The van der Waals surface area contributed by atoms with Crippen molar-refractivity contribution in [1.82, 2.24) is 10.6 Å². The Morgan fingerprint density at radius 2 is 1.72 bits per heavy atom. The minimum Gasteiger partial charge on any atom is -0.493 e. The fourth-order valence-electron chi connectivity index (χ4n) is 2.66. The van der Waals surface area contributed by atoms with E-state index in [4.69, 9.17) is 17.0 Å². The van der Waals surface area contributed by atoms with Crippen molar-refractivity contribution in [2.75, 3.05) is 11.9 Å². The summed E-state index contributed by atoms with van der Waals surface area (Å²) >= 11 is 8.69. The maximum absolute atomic E-state index is 12.8. The van der Waals surface area contributed by atoms with Crippen LogP contribution in [0, 0.1) is 5.92 Å². The summed E-state index contributed by atoms with van der Waals surface area (Å²) in [7, 11) is 0. The highest BCUT2D eigenvalue weighted by atomic mass is 79.9. The quantitative estimate of drug-likeness (QED) is 0.419. The Balaban J connectivity index is 2.00.